The van der Waals surface area contributed by atoms with Crippen LogP contribution in [0.25, 0.3) is 21.3 Å². The Morgan fingerprint density at radius 3 is 2.53 bits per heavy atom. The number of rotatable bonds is 9. The first-order chi connectivity index (χ1) is 16.2. The molecule has 0 fully saturated rings. The number of nitrogens with one attached hydrogen (secondary N) is 1. The third-order valence-corrected chi connectivity index (χ3v) is 6.77. The molecule has 0 unspecified atom stereocenters. The Balaban J connectivity index is 1.45. The summed E-state index contributed by atoms with van der Waals surface area (Å²) < 4.78 is 26.5. The number of carbonyl (C=O) groups excluding carboxylic acids is 1. The summed E-state index contributed by atoms with van der Waals surface area (Å²) in [6.45, 7) is 0. The number of carboxylic acid groups (broad SMARTS) is 1. The van der Waals surface area contributed by atoms with Crippen LogP contribution in [0, 0.1) is 0 Å². The lowest BCUT2D eigenvalue weighted by molar-refractivity contribution is -0.118. The van der Waals surface area contributed by atoms with Gasteiger partial charge in [0.25, 0.3) is 0 Å². The molecule has 0 aliphatic heterocycles. The van der Waals surface area contributed by atoms with Crippen molar-refractivity contribution in [2.24, 2.45) is 0 Å². The molecule has 0 aliphatic rings. The number of hydrogen-bond acceptors (Lipinski definition) is 6. The Morgan fingerprint density at radius 1 is 1.00 bits per heavy atom. The first-order valence-electron chi connectivity index (χ1n) is 10.5. The maximum Gasteiger partial charge on any atom is 0.335 e. The van der Waals surface area contributed by atoms with Gasteiger partial charge in [-0.2, -0.15) is 0 Å². The number of thiazole rings is 1. The molecule has 7 nitrogen and oxygen atoms in total. The summed E-state index contributed by atoms with van der Waals surface area (Å²) in [4.78, 5) is 28.2. The number of aromatic carboxylic acids is 1. The quantitative estimate of drug-likeness (QED) is 0.346. The smallest absolute Gasteiger partial charge is 0.335 e. The average molecular weight is 495 g/mol. The predicted molar refractivity (Wildman–Crippen MR) is 134 cm³/mol. The molecule has 9 heteroatoms. The van der Waals surface area contributed by atoms with E-state index in [2.05, 4.69) is 9.71 Å². The van der Waals surface area contributed by atoms with Crippen molar-refractivity contribution in [2.75, 3.05) is 11.0 Å². The lowest BCUT2D eigenvalue weighted by Crippen LogP contribution is -2.09. The Labute approximate surface area is 201 Å². The van der Waals surface area contributed by atoms with Gasteiger partial charge in [-0.1, -0.05) is 30.3 Å². The van der Waals surface area contributed by atoms with Crippen molar-refractivity contribution >= 4 is 49.0 Å². The van der Waals surface area contributed by atoms with Crippen LogP contribution in [0.1, 0.15) is 27.3 Å². The number of benzene rings is 3. The minimum absolute atomic E-state index is 0.0413. The largest absolute Gasteiger partial charge is 0.478 e. The standard InChI is InChI=1S/C25H22N2O5S2/c1-34(31,32)27-20-7-3-5-17(13-20)18-9-11-22-23(14-18)33-24(26-22)15-21(28)10-8-16-4-2-6-19(12-16)25(29)30/h2-7,9,11-14,27H,8,10,15H2,1H3,(H,29,30). The van der Waals surface area contributed by atoms with E-state index in [1.54, 1.807) is 30.3 Å². The van der Waals surface area contributed by atoms with Crippen molar-refractivity contribution in [1.29, 1.82) is 0 Å². The molecule has 1 aromatic heterocycles. The summed E-state index contributed by atoms with van der Waals surface area (Å²) in [7, 11) is -3.36. The molecular formula is C25H22N2O5S2. The maximum atomic E-state index is 12.5. The van der Waals surface area contributed by atoms with Gasteiger partial charge in [0.15, 0.2) is 0 Å². The van der Waals surface area contributed by atoms with Crippen LogP contribution in [0.2, 0.25) is 0 Å². The van der Waals surface area contributed by atoms with Crippen molar-refractivity contribution in [3.05, 3.63) is 82.9 Å². The first-order valence-corrected chi connectivity index (χ1v) is 13.2. The Kier molecular flexibility index (Phi) is 6.76. The molecule has 0 spiro atoms. The predicted octanol–water partition coefficient (Wildman–Crippen LogP) is 4.78. The minimum atomic E-state index is -3.36. The van der Waals surface area contributed by atoms with E-state index >= 15 is 0 Å². The number of aryl methyl sites for hydroxylation is 1. The Morgan fingerprint density at radius 2 is 1.76 bits per heavy atom. The number of Topliss-reactive ketones (excluding diaryl/α,β-unsaturated/α-hetero) is 1. The van der Waals surface area contributed by atoms with Crippen LogP contribution in [0.15, 0.2) is 66.7 Å². The van der Waals surface area contributed by atoms with Crippen molar-refractivity contribution < 1.29 is 23.1 Å². The van der Waals surface area contributed by atoms with Crippen molar-refractivity contribution in [1.82, 2.24) is 4.98 Å². The second kappa shape index (κ2) is 9.74. The highest BCUT2D eigenvalue weighted by Crippen LogP contribution is 2.30. The molecule has 174 valence electrons. The fourth-order valence-corrected chi connectivity index (χ4v) is 5.19. The zero-order chi connectivity index (χ0) is 24.3. The lowest BCUT2D eigenvalue weighted by atomic mass is 10.0. The van der Waals surface area contributed by atoms with Gasteiger partial charge in [0.1, 0.15) is 10.8 Å². The number of sulfonamides is 1. The van der Waals surface area contributed by atoms with E-state index in [9.17, 15) is 18.0 Å². The van der Waals surface area contributed by atoms with E-state index in [0.29, 0.717) is 18.5 Å². The molecule has 34 heavy (non-hydrogen) atoms. The third-order valence-electron chi connectivity index (χ3n) is 5.15. The normalized spacial score (nSPS) is 11.4. The van der Waals surface area contributed by atoms with Gasteiger partial charge < -0.3 is 5.11 Å². The molecule has 0 amide bonds. The highest BCUT2D eigenvalue weighted by atomic mass is 32.2. The summed E-state index contributed by atoms with van der Waals surface area (Å²) in [5, 5.41) is 9.83. The highest BCUT2D eigenvalue weighted by Gasteiger charge is 2.12. The topological polar surface area (TPSA) is 113 Å². The van der Waals surface area contributed by atoms with Gasteiger partial charge in [-0.05, 0) is 59.5 Å². The first kappa shape index (κ1) is 23.6. The van der Waals surface area contributed by atoms with Crippen LogP contribution in [0.5, 0.6) is 0 Å². The van der Waals surface area contributed by atoms with Gasteiger partial charge in [0.05, 0.1) is 28.5 Å². The number of nitrogens with zero attached hydrogens (tertiary/aromatic N) is 1. The lowest BCUT2D eigenvalue weighted by Gasteiger charge is -2.07. The van der Waals surface area contributed by atoms with E-state index in [4.69, 9.17) is 5.11 Å². The molecule has 2 N–H and O–H groups in total. The summed E-state index contributed by atoms with van der Waals surface area (Å²) >= 11 is 1.46. The number of carbonyl (C=O) groups is 2. The number of carboxylic acids is 1. The van der Waals surface area contributed by atoms with Crippen LogP contribution in [-0.4, -0.2) is 36.5 Å². The SMILES string of the molecule is CS(=O)(=O)Nc1cccc(-c2ccc3nc(CC(=O)CCc4cccc(C(=O)O)c4)sc3c2)c1. The van der Waals surface area contributed by atoms with Crippen LogP contribution in [-0.2, 0) is 27.7 Å². The summed E-state index contributed by atoms with van der Waals surface area (Å²) in [6.07, 6.45) is 2.12. The van der Waals surface area contributed by atoms with E-state index < -0.39 is 16.0 Å². The molecule has 3 aromatic carbocycles. The van der Waals surface area contributed by atoms with E-state index in [1.807, 2.05) is 30.3 Å². The summed E-state index contributed by atoms with van der Waals surface area (Å²) in [6, 6.07) is 19.6. The zero-order valence-electron chi connectivity index (χ0n) is 18.3. The van der Waals surface area contributed by atoms with Crippen LogP contribution in [0.3, 0.4) is 0 Å². The van der Waals surface area contributed by atoms with Crippen LogP contribution < -0.4 is 4.72 Å². The highest BCUT2D eigenvalue weighted by molar-refractivity contribution is 7.92. The number of ketones is 1. The third kappa shape index (κ3) is 6.06. The molecule has 0 atom stereocenters. The average Bonchev–Trinajstić information content (AvgIpc) is 3.18. The molecule has 4 rings (SSSR count). The van der Waals surface area contributed by atoms with Gasteiger partial charge in [-0.3, -0.25) is 9.52 Å². The maximum absolute atomic E-state index is 12.5. The molecule has 1 heterocycles. The number of anilines is 1. The molecule has 0 saturated carbocycles. The molecular weight excluding hydrogens is 472 g/mol. The Bertz CT molecular complexity index is 1490. The van der Waals surface area contributed by atoms with Gasteiger partial charge >= 0.3 is 5.97 Å². The van der Waals surface area contributed by atoms with Crippen LogP contribution >= 0.6 is 11.3 Å². The molecule has 4 aromatic rings. The van der Waals surface area contributed by atoms with Crippen LogP contribution in [0.4, 0.5) is 5.69 Å². The van der Waals surface area contributed by atoms with Crippen molar-refractivity contribution in [2.45, 2.75) is 19.3 Å². The van der Waals surface area contributed by atoms with E-state index in [-0.39, 0.29) is 17.8 Å². The van der Waals surface area contributed by atoms with Crippen molar-refractivity contribution in [3.63, 3.8) is 0 Å². The monoisotopic (exact) mass is 494 g/mol. The molecule has 0 saturated heterocycles. The minimum Gasteiger partial charge on any atom is -0.478 e. The molecule has 0 bridgehead atoms. The number of fused-ring (bicyclic) bond motifs is 1. The second-order valence-corrected chi connectivity index (χ2v) is 10.8. The van der Waals surface area contributed by atoms with Gasteiger partial charge in [-0.15, -0.1) is 11.3 Å². The summed E-state index contributed by atoms with van der Waals surface area (Å²) in [5.74, 6) is -0.944. The zero-order valence-corrected chi connectivity index (χ0v) is 19.9. The molecule has 0 aliphatic carbocycles. The fourth-order valence-electron chi connectivity index (χ4n) is 3.60. The van der Waals surface area contributed by atoms with Crippen molar-refractivity contribution in [3.8, 4) is 11.1 Å². The van der Waals surface area contributed by atoms with Gasteiger partial charge in [0, 0.05) is 12.1 Å². The Hall–Kier alpha value is -3.56. The van der Waals surface area contributed by atoms with Gasteiger partial charge in [0.2, 0.25) is 10.0 Å². The molecule has 0 radical (unpaired) electrons. The van der Waals surface area contributed by atoms with E-state index in [0.717, 1.165) is 38.2 Å². The fraction of sp³-hybridized carbons (Fsp3) is 0.160. The van der Waals surface area contributed by atoms with E-state index in [1.165, 1.54) is 17.4 Å². The van der Waals surface area contributed by atoms with Gasteiger partial charge in [-0.25, -0.2) is 18.2 Å². The second-order valence-electron chi connectivity index (χ2n) is 7.97. The number of aromatic nitrogens is 1. The number of hydrogen-bond donors (Lipinski definition) is 2. The summed E-state index contributed by atoms with van der Waals surface area (Å²) in [5.41, 5.74) is 4.11.